The fraction of sp³-hybridized carbons (Fsp3) is 0.286. The van der Waals surface area contributed by atoms with Crippen LogP contribution in [0.1, 0.15) is 21.9 Å². The number of nitrogens with zero attached hydrogens (tertiary/aromatic N) is 4. The zero-order chi connectivity index (χ0) is 20.2. The summed E-state index contributed by atoms with van der Waals surface area (Å²) in [4.78, 5) is 25.5. The fourth-order valence-electron chi connectivity index (χ4n) is 3.34. The van der Waals surface area contributed by atoms with E-state index in [1.165, 1.54) is 6.07 Å². The third-order valence-corrected chi connectivity index (χ3v) is 4.83. The van der Waals surface area contributed by atoms with Crippen molar-refractivity contribution in [1.29, 1.82) is 0 Å². The number of carbonyl (C=O) groups excluding carboxylic acids is 1. The van der Waals surface area contributed by atoms with Crippen LogP contribution in [-0.4, -0.2) is 42.1 Å². The summed E-state index contributed by atoms with van der Waals surface area (Å²) >= 11 is 0. The van der Waals surface area contributed by atoms with E-state index in [4.69, 9.17) is 4.42 Å². The third-order valence-electron chi connectivity index (χ3n) is 4.83. The number of benzene rings is 1. The number of para-hydroxylation sites is 1. The molecule has 1 saturated heterocycles. The maximum Gasteiger partial charge on any atom is 0.270 e. The lowest BCUT2D eigenvalue weighted by atomic mass is 10.2. The Labute approximate surface area is 168 Å². The molecule has 0 bridgehead atoms. The van der Waals surface area contributed by atoms with Gasteiger partial charge in [-0.05, 0) is 37.3 Å². The summed E-state index contributed by atoms with van der Waals surface area (Å²) in [6, 6.07) is 12.0. The molecule has 3 heterocycles. The number of hydrogen-bond donors (Lipinski definition) is 1. The van der Waals surface area contributed by atoms with Crippen molar-refractivity contribution < 1.29 is 13.6 Å². The van der Waals surface area contributed by atoms with Crippen molar-refractivity contribution in [3.05, 3.63) is 71.7 Å². The van der Waals surface area contributed by atoms with Crippen LogP contribution in [0.4, 0.5) is 16.0 Å². The molecule has 8 heteroatoms. The Morgan fingerprint density at radius 2 is 1.86 bits per heavy atom. The van der Waals surface area contributed by atoms with Gasteiger partial charge in [0.2, 0.25) is 5.95 Å². The van der Waals surface area contributed by atoms with E-state index < -0.39 is 0 Å². The van der Waals surface area contributed by atoms with E-state index in [1.807, 2.05) is 22.8 Å². The highest BCUT2D eigenvalue weighted by Gasteiger charge is 2.22. The summed E-state index contributed by atoms with van der Waals surface area (Å²) in [7, 11) is 0. The minimum Gasteiger partial charge on any atom is -0.467 e. The Morgan fingerprint density at radius 3 is 2.59 bits per heavy atom. The topological polar surface area (TPSA) is 74.5 Å². The van der Waals surface area contributed by atoms with Gasteiger partial charge in [0, 0.05) is 31.9 Å². The standard InChI is InChI=1S/C21H22FN5O2/c1-15-13-18(20(28)23-14-16-5-4-12-29-16)25-21(24-15)27-10-8-26(9-11-27)19-7-3-2-6-17(19)22/h2-7,12-13H,8-11,14H2,1H3,(H,23,28). The second kappa shape index (κ2) is 8.30. The van der Waals surface area contributed by atoms with E-state index in [1.54, 1.807) is 36.6 Å². The molecule has 0 atom stereocenters. The zero-order valence-electron chi connectivity index (χ0n) is 16.1. The van der Waals surface area contributed by atoms with Crippen molar-refractivity contribution in [3.63, 3.8) is 0 Å². The first-order chi connectivity index (χ1) is 14.1. The van der Waals surface area contributed by atoms with Gasteiger partial charge in [-0.25, -0.2) is 14.4 Å². The second-order valence-corrected chi connectivity index (χ2v) is 6.88. The minimum atomic E-state index is -0.279. The summed E-state index contributed by atoms with van der Waals surface area (Å²) in [5, 5.41) is 2.80. The molecule has 0 radical (unpaired) electrons. The molecule has 7 nitrogen and oxygen atoms in total. The third kappa shape index (κ3) is 4.37. The molecule has 0 spiro atoms. The molecule has 1 N–H and O–H groups in total. The Hall–Kier alpha value is -3.42. The van der Waals surface area contributed by atoms with Crippen LogP contribution >= 0.6 is 0 Å². The lowest BCUT2D eigenvalue weighted by Gasteiger charge is -2.36. The van der Waals surface area contributed by atoms with Crippen molar-refractivity contribution in [3.8, 4) is 0 Å². The average Bonchev–Trinajstić information content (AvgIpc) is 3.26. The number of amides is 1. The van der Waals surface area contributed by atoms with Crippen LogP contribution in [0.2, 0.25) is 0 Å². The molecule has 2 aromatic heterocycles. The van der Waals surface area contributed by atoms with Crippen LogP contribution in [0.25, 0.3) is 0 Å². The molecule has 1 aromatic carbocycles. The first kappa shape index (κ1) is 18.9. The van der Waals surface area contributed by atoms with Crippen LogP contribution in [0.3, 0.4) is 0 Å². The number of furan rings is 1. The summed E-state index contributed by atoms with van der Waals surface area (Å²) in [6.07, 6.45) is 1.56. The van der Waals surface area contributed by atoms with Crippen LogP contribution in [0.15, 0.2) is 53.1 Å². The van der Waals surface area contributed by atoms with Gasteiger partial charge in [-0.1, -0.05) is 12.1 Å². The predicted octanol–water partition coefficient (Wildman–Crippen LogP) is 2.77. The number of aromatic nitrogens is 2. The van der Waals surface area contributed by atoms with E-state index in [-0.39, 0.29) is 11.7 Å². The van der Waals surface area contributed by atoms with Gasteiger partial charge >= 0.3 is 0 Å². The van der Waals surface area contributed by atoms with Gasteiger partial charge < -0.3 is 19.5 Å². The Bertz CT molecular complexity index is 984. The maximum atomic E-state index is 14.0. The summed E-state index contributed by atoms with van der Waals surface area (Å²) in [5.74, 6) is 0.691. The number of anilines is 2. The number of carbonyl (C=O) groups is 1. The van der Waals surface area contributed by atoms with E-state index >= 15 is 0 Å². The minimum absolute atomic E-state index is 0.219. The van der Waals surface area contributed by atoms with Crippen molar-refractivity contribution in [2.45, 2.75) is 13.5 Å². The van der Waals surface area contributed by atoms with Crippen LogP contribution in [-0.2, 0) is 6.54 Å². The SMILES string of the molecule is Cc1cc(C(=O)NCc2ccco2)nc(N2CCN(c3ccccc3F)CC2)n1. The Morgan fingerprint density at radius 1 is 1.10 bits per heavy atom. The van der Waals surface area contributed by atoms with E-state index in [0.717, 1.165) is 5.69 Å². The molecule has 0 aliphatic carbocycles. The van der Waals surface area contributed by atoms with Gasteiger partial charge in [0.25, 0.3) is 5.91 Å². The number of rotatable bonds is 5. The normalized spacial score (nSPS) is 14.1. The van der Waals surface area contributed by atoms with E-state index in [9.17, 15) is 9.18 Å². The largest absolute Gasteiger partial charge is 0.467 e. The number of piperazine rings is 1. The van der Waals surface area contributed by atoms with Gasteiger partial charge in [-0.15, -0.1) is 0 Å². The molecule has 4 rings (SSSR count). The summed E-state index contributed by atoms with van der Waals surface area (Å²) in [6.45, 7) is 4.72. The lowest BCUT2D eigenvalue weighted by Crippen LogP contribution is -2.47. The molecule has 29 heavy (non-hydrogen) atoms. The van der Waals surface area contributed by atoms with Gasteiger partial charge in [0.1, 0.15) is 17.3 Å². The van der Waals surface area contributed by atoms with Gasteiger partial charge in [0.05, 0.1) is 18.5 Å². The van der Waals surface area contributed by atoms with Gasteiger partial charge in [-0.3, -0.25) is 4.79 Å². The van der Waals surface area contributed by atoms with Crippen LogP contribution < -0.4 is 15.1 Å². The maximum absolute atomic E-state index is 14.0. The molecular formula is C21H22FN5O2. The fourth-order valence-corrected chi connectivity index (χ4v) is 3.34. The highest BCUT2D eigenvalue weighted by atomic mass is 19.1. The highest BCUT2D eigenvalue weighted by Crippen LogP contribution is 2.21. The predicted molar refractivity (Wildman–Crippen MR) is 107 cm³/mol. The number of hydrogen-bond acceptors (Lipinski definition) is 6. The molecular weight excluding hydrogens is 373 g/mol. The van der Waals surface area contributed by atoms with Gasteiger partial charge in [-0.2, -0.15) is 0 Å². The van der Waals surface area contributed by atoms with Gasteiger partial charge in [0.15, 0.2) is 0 Å². The Balaban J connectivity index is 1.43. The monoisotopic (exact) mass is 395 g/mol. The number of halogens is 1. The number of nitrogens with one attached hydrogen (secondary N) is 1. The summed E-state index contributed by atoms with van der Waals surface area (Å²) in [5.41, 5.74) is 1.64. The molecule has 3 aromatic rings. The van der Waals surface area contributed by atoms with Crippen molar-refractivity contribution in [2.24, 2.45) is 0 Å². The lowest BCUT2D eigenvalue weighted by molar-refractivity contribution is 0.0943. The molecule has 150 valence electrons. The molecule has 0 unspecified atom stereocenters. The second-order valence-electron chi connectivity index (χ2n) is 6.88. The van der Waals surface area contributed by atoms with Crippen molar-refractivity contribution in [1.82, 2.24) is 15.3 Å². The smallest absolute Gasteiger partial charge is 0.270 e. The molecule has 1 aliphatic heterocycles. The van der Waals surface area contributed by atoms with Crippen molar-refractivity contribution >= 4 is 17.5 Å². The summed E-state index contributed by atoms with van der Waals surface area (Å²) < 4.78 is 19.3. The van der Waals surface area contributed by atoms with Crippen LogP contribution in [0, 0.1) is 12.7 Å². The van der Waals surface area contributed by atoms with E-state index in [0.29, 0.717) is 55.8 Å². The Kier molecular flexibility index (Phi) is 5.41. The van der Waals surface area contributed by atoms with Crippen molar-refractivity contribution in [2.75, 3.05) is 36.0 Å². The first-order valence-corrected chi connectivity index (χ1v) is 9.51. The molecule has 1 fully saturated rings. The average molecular weight is 395 g/mol. The quantitative estimate of drug-likeness (QED) is 0.716. The van der Waals surface area contributed by atoms with Crippen LogP contribution in [0.5, 0.6) is 0 Å². The first-order valence-electron chi connectivity index (χ1n) is 9.51. The highest BCUT2D eigenvalue weighted by molar-refractivity contribution is 5.92. The number of aryl methyl sites for hydroxylation is 1. The zero-order valence-corrected chi connectivity index (χ0v) is 16.1. The molecule has 1 aliphatic rings. The molecule has 1 amide bonds. The molecule has 0 saturated carbocycles. The van der Waals surface area contributed by atoms with E-state index in [2.05, 4.69) is 15.3 Å².